The van der Waals surface area contributed by atoms with Crippen LogP contribution in [0.5, 0.6) is 0 Å². The number of aromatic amines is 1. The van der Waals surface area contributed by atoms with Gasteiger partial charge in [0.15, 0.2) is 0 Å². The molecule has 1 fully saturated rings. The molecule has 6 nitrogen and oxygen atoms in total. The van der Waals surface area contributed by atoms with Crippen molar-refractivity contribution < 1.29 is 9.18 Å². The highest BCUT2D eigenvalue weighted by Gasteiger charge is 2.27. The van der Waals surface area contributed by atoms with Crippen molar-refractivity contribution in [2.45, 2.75) is 31.6 Å². The highest BCUT2D eigenvalue weighted by Crippen LogP contribution is 2.33. The third-order valence-corrected chi connectivity index (χ3v) is 5.39. The van der Waals surface area contributed by atoms with Gasteiger partial charge in [-0.25, -0.2) is 4.39 Å². The summed E-state index contributed by atoms with van der Waals surface area (Å²) in [6.07, 6.45) is 8.71. The summed E-state index contributed by atoms with van der Waals surface area (Å²) in [6, 6.07) is 6.45. The number of benzene rings is 1. The van der Waals surface area contributed by atoms with Crippen LogP contribution in [0.4, 0.5) is 4.39 Å². The molecule has 0 radical (unpaired) electrons. The summed E-state index contributed by atoms with van der Waals surface area (Å²) >= 11 is 0. The molecule has 0 bridgehead atoms. The monoisotopic (exact) mass is 381 g/mol. The van der Waals surface area contributed by atoms with E-state index >= 15 is 0 Å². The number of nitrogens with zero attached hydrogens (tertiary/aromatic N) is 4. The average Bonchev–Trinajstić information content (AvgIpc) is 3.36. The number of piperidine rings is 1. The van der Waals surface area contributed by atoms with Gasteiger partial charge in [0.25, 0.3) is 0 Å². The highest BCUT2D eigenvalue weighted by molar-refractivity contribution is 5.76. The molecule has 0 aliphatic carbocycles. The van der Waals surface area contributed by atoms with Gasteiger partial charge in [-0.1, -0.05) is 12.1 Å². The molecule has 1 aromatic carbocycles. The van der Waals surface area contributed by atoms with E-state index < -0.39 is 0 Å². The Labute approximate surface area is 163 Å². The molecule has 1 atom stereocenters. The molecule has 1 amide bonds. The Hall–Kier alpha value is -2.96. The number of rotatable bonds is 5. The summed E-state index contributed by atoms with van der Waals surface area (Å²) in [5, 5.41) is 11.5. The minimum atomic E-state index is -0.253. The lowest BCUT2D eigenvalue weighted by atomic mass is 9.90. The van der Waals surface area contributed by atoms with Crippen LogP contribution in [0, 0.1) is 5.82 Å². The van der Waals surface area contributed by atoms with Crippen molar-refractivity contribution in [3.63, 3.8) is 0 Å². The molecule has 4 rings (SSSR count). The van der Waals surface area contributed by atoms with Gasteiger partial charge in [0.05, 0.1) is 12.4 Å². The zero-order chi connectivity index (χ0) is 19.5. The van der Waals surface area contributed by atoms with Gasteiger partial charge in [-0.15, -0.1) is 0 Å². The van der Waals surface area contributed by atoms with Crippen molar-refractivity contribution in [1.29, 1.82) is 0 Å². The molecule has 3 heterocycles. The topological polar surface area (TPSA) is 66.8 Å². The van der Waals surface area contributed by atoms with Gasteiger partial charge in [-0.3, -0.25) is 14.6 Å². The van der Waals surface area contributed by atoms with Crippen molar-refractivity contribution in [2.75, 3.05) is 13.1 Å². The number of hydrogen-bond acceptors (Lipinski definition) is 3. The first kappa shape index (κ1) is 18.4. The maximum absolute atomic E-state index is 13.2. The maximum atomic E-state index is 13.2. The number of H-pyrrole nitrogens is 1. The zero-order valence-electron chi connectivity index (χ0n) is 15.9. The lowest BCUT2D eigenvalue weighted by Crippen LogP contribution is -2.39. The Kier molecular flexibility index (Phi) is 5.23. The van der Waals surface area contributed by atoms with E-state index in [2.05, 4.69) is 15.3 Å². The molecule has 7 heteroatoms. The van der Waals surface area contributed by atoms with Crippen LogP contribution in [0.25, 0.3) is 11.1 Å². The lowest BCUT2D eigenvalue weighted by molar-refractivity contribution is -0.132. The average molecular weight is 381 g/mol. The minimum Gasteiger partial charge on any atom is -0.342 e. The summed E-state index contributed by atoms with van der Waals surface area (Å²) in [5.41, 5.74) is 4.02. The maximum Gasteiger partial charge on any atom is 0.222 e. The fraction of sp³-hybridized carbons (Fsp3) is 0.381. The first-order valence-corrected chi connectivity index (χ1v) is 9.64. The number of halogens is 1. The Bertz CT molecular complexity index is 946. The van der Waals surface area contributed by atoms with Crippen LogP contribution in [0.2, 0.25) is 0 Å². The van der Waals surface area contributed by atoms with Crippen LogP contribution in [-0.4, -0.2) is 43.9 Å². The summed E-state index contributed by atoms with van der Waals surface area (Å²) in [6.45, 7) is 1.48. The second-order valence-corrected chi connectivity index (χ2v) is 7.41. The van der Waals surface area contributed by atoms with E-state index in [0.29, 0.717) is 19.4 Å². The predicted octanol–water partition coefficient (Wildman–Crippen LogP) is 3.29. The lowest BCUT2D eigenvalue weighted by Gasteiger charge is -2.33. The van der Waals surface area contributed by atoms with Gasteiger partial charge in [0.1, 0.15) is 5.82 Å². The number of hydrogen-bond donors (Lipinski definition) is 1. The number of amides is 1. The molecular formula is C21H24FN5O. The van der Waals surface area contributed by atoms with Gasteiger partial charge in [0, 0.05) is 49.9 Å². The van der Waals surface area contributed by atoms with Gasteiger partial charge >= 0.3 is 0 Å². The summed E-state index contributed by atoms with van der Waals surface area (Å²) in [4.78, 5) is 14.7. The third kappa shape index (κ3) is 3.98. The molecule has 0 saturated carbocycles. The van der Waals surface area contributed by atoms with E-state index in [1.807, 2.05) is 24.3 Å². The van der Waals surface area contributed by atoms with Crippen LogP contribution in [-0.2, 0) is 18.3 Å². The Morgan fingerprint density at radius 1 is 1.29 bits per heavy atom. The highest BCUT2D eigenvalue weighted by atomic mass is 19.1. The normalized spacial score (nSPS) is 17.1. The number of carbonyl (C=O) groups excluding carboxylic acids is 1. The molecule has 2 aromatic heterocycles. The standard InChI is InChI=1S/C21H24FN5O/c1-26-13-15(11-24-26)4-9-20(28)27-10-2-3-17(14-27)21-19(12-23-25-21)16-5-7-18(22)8-6-16/h5-8,11-13,17H,2-4,9-10,14H2,1H3,(H,23,25)/t17-/m0/s1. The fourth-order valence-corrected chi connectivity index (χ4v) is 3.92. The molecular weight excluding hydrogens is 357 g/mol. The van der Waals surface area contributed by atoms with Crippen molar-refractivity contribution in [2.24, 2.45) is 7.05 Å². The molecule has 1 aliphatic rings. The molecule has 1 N–H and O–H groups in total. The summed E-state index contributed by atoms with van der Waals surface area (Å²) in [7, 11) is 1.88. The van der Waals surface area contributed by atoms with Crippen molar-refractivity contribution in [3.8, 4) is 11.1 Å². The van der Waals surface area contributed by atoms with Gasteiger partial charge in [-0.05, 0) is 42.5 Å². The summed E-state index contributed by atoms with van der Waals surface area (Å²) in [5.74, 6) is 0.131. The zero-order valence-corrected chi connectivity index (χ0v) is 15.9. The molecule has 1 saturated heterocycles. The van der Waals surface area contributed by atoms with Gasteiger partial charge in [0.2, 0.25) is 5.91 Å². The minimum absolute atomic E-state index is 0.177. The van der Waals surface area contributed by atoms with E-state index in [4.69, 9.17) is 0 Å². The quantitative estimate of drug-likeness (QED) is 0.737. The van der Waals surface area contributed by atoms with E-state index in [0.717, 1.165) is 41.8 Å². The van der Waals surface area contributed by atoms with Crippen LogP contribution >= 0.6 is 0 Å². The predicted molar refractivity (Wildman–Crippen MR) is 104 cm³/mol. The Morgan fingerprint density at radius 2 is 2.11 bits per heavy atom. The molecule has 0 unspecified atom stereocenters. The first-order valence-electron chi connectivity index (χ1n) is 9.64. The van der Waals surface area contributed by atoms with E-state index in [1.54, 1.807) is 23.0 Å². The SMILES string of the molecule is Cn1cc(CCC(=O)N2CCC[C@H](c3[nH]ncc3-c3ccc(F)cc3)C2)cn1. The first-order chi connectivity index (χ1) is 13.6. The third-order valence-electron chi connectivity index (χ3n) is 5.39. The molecule has 146 valence electrons. The number of nitrogens with one attached hydrogen (secondary N) is 1. The van der Waals surface area contributed by atoms with Crippen molar-refractivity contribution >= 4 is 5.91 Å². The van der Waals surface area contributed by atoms with Crippen LogP contribution in [0.15, 0.2) is 42.9 Å². The Morgan fingerprint density at radius 3 is 2.86 bits per heavy atom. The molecule has 28 heavy (non-hydrogen) atoms. The summed E-state index contributed by atoms with van der Waals surface area (Å²) < 4.78 is 15.0. The van der Waals surface area contributed by atoms with E-state index in [9.17, 15) is 9.18 Å². The van der Waals surface area contributed by atoms with Crippen LogP contribution < -0.4 is 0 Å². The number of carbonyl (C=O) groups is 1. The number of likely N-dealkylation sites (tertiary alicyclic amines) is 1. The smallest absolute Gasteiger partial charge is 0.222 e. The molecule has 3 aromatic rings. The fourth-order valence-electron chi connectivity index (χ4n) is 3.92. The molecule has 1 aliphatic heterocycles. The van der Waals surface area contributed by atoms with Crippen LogP contribution in [0.1, 0.15) is 36.4 Å². The van der Waals surface area contributed by atoms with E-state index in [-0.39, 0.29) is 17.6 Å². The second kappa shape index (κ2) is 7.96. The number of aromatic nitrogens is 4. The van der Waals surface area contributed by atoms with Gasteiger partial charge < -0.3 is 4.90 Å². The van der Waals surface area contributed by atoms with Crippen LogP contribution in [0.3, 0.4) is 0 Å². The Balaban J connectivity index is 1.43. The van der Waals surface area contributed by atoms with Crippen molar-refractivity contribution in [3.05, 3.63) is 59.9 Å². The van der Waals surface area contributed by atoms with E-state index in [1.165, 1.54) is 12.1 Å². The van der Waals surface area contributed by atoms with Gasteiger partial charge in [-0.2, -0.15) is 10.2 Å². The molecule has 0 spiro atoms. The van der Waals surface area contributed by atoms with Crippen molar-refractivity contribution in [1.82, 2.24) is 24.9 Å². The largest absolute Gasteiger partial charge is 0.342 e. The second-order valence-electron chi connectivity index (χ2n) is 7.41. The number of aryl methyl sites for hydroxylation is 2.